The molecule has 3 heterocycles. The Morgan fingerprint density at radius 3 is 2.00 bits per heavy atom. The number of para-hydroxylation sites is 1. The zero-order valence-electron chi connectivity index (χ0n) is 24.0. The molecule has 6 aromatic rings. The lowest BCUT2D eigenvalue weighted by atomic mass is 9.93. The number of aromatic nitrogens is 4. The second-order valence-electron chi connectivity index (χ2n) is 12.6. The molecule has 0 aliphatic rings. The normalized spacial score (nSPS) is 12.6. The average Bonchev–Trinajstić information content (AvgIpc) is 3.26. The van der Waals surface area contributed by atoms with Crippen LogP contribution in [0.15, 0.2) is 71.3 Å². The van der Waals surface area contributed by atoms with Crippen molar-refractivity contribution in [3.05, 3.63) is 84.1 Å². The molecule has 0 saturated heterocycles. The second-order valence-corrected chi connectivity index (χ2v) is 12.6. The van der Waals surface area contributed by atoms with Crippen LogP contribution in [0.5, 0.6) is 0 Å². The van der Waals surface area contributed by atoms with Gasteiger partial charge in [-0.2, -0.15) is 0 Å². The number of pyridine rings is 1. The monoisotopic (exact) mass is 515 g/mol. The number of furan rings is 1. The van der Waals surface area contributed by atoms with Gasteiger partial charge in [-0.25, -0.2) is 19.5 Å². The van der Waals surface area contributed by atoms with Crippen LogP contribution < -0.4 is 4.57 Å². The van der Waals surface area contributed by atoms with Crippen LogP contribution in [0.2, 0.25) is 0 Å². The van der Waals surface area contributed by atoms with Crippen LogP contribution in [0.3, 0.4) is 0 Å². The van der Waals surface area contributed by atoms with E-state index < -0.39 is 0 Å². The molecule has 196 valence electrons. The van der Waals surface area contributed by atoms with Gasteiger partial charge < -0.3 is 4.42 Å². The van der Waals surface area contributed by atoms with Gasteiger partial charge in [0.05, 0.1) is 11.1 Å². The van der Waals surface area contributed by atoms with Crippen LogP contribution in [-0.4, -0.2) is 15.0 Å². The molecule has 0 bridgehead atoms. The second kappa shape index (κ2) is 8.70. The molecule has 0 unspecified atom stereocenters. The fourth-order valence-electron chi connectivity index (χ4n) is 5.16. The third-order valence-electron chi connectivity index (χ3n) is 7.35. The van der Waals surface area contributed by atoms with E-state index in [4.69, 9.17) is 19.4 Å². The van der Waals surface area contributed by atoms with Gasteiger partial charge in [0.15, 0.2) is 12.0 Å². The van der Waals surface area contributed by atoms with E-state index in [1.807, 2.05) is 0 Å². The number of fused-ring (bicyclic) bond motifs is 4. The average molecular weight is 516 g/mol. The summed E-state index contributed by atoms with van der Waals surface area (Å²) in [6.07, 6.45) is 2.18. The van der Waals surface area contributed by atoms with Crippen molar-refractivity contribution >= 4 is 32.7 Å². The minimum absolute atomic E-state index is 0.214. The van der Waals surface area contributed by atoms with E-state index in [0.717, 1.165) is 50.4 Å². The van der Waals surface area contributed by atoms with Gasteiger partial charge in [0.2, 0.25) is 5.69 Å². The molecule has 3 aromatic carbocycles. The van der Waals surface area contributed by atoms with Crippen molar-refractivity contribution in [2.75, 3.05) is 0 Å². The number of benzene rings is 3. The highest BCUT2D eigenvalue weighted by molar-refractivity contribution is 6.13. The number of nitrogens with zero attached hydrogens (tertiary/aromatic N) is 4. The Labute approximate surface area is 229 Å². The highest BCUT2D eigenvalue weighted by Crippen LogP contribution is 2.40. The minimum atomic E-state index is -0.214. The first-order valence-electron chi connectivity index (χ1n) is 13.5. The van der Waals surface area contributed by atoms with Crippen LogP contribution in [-0.2, 0) is 17.9 Å². The first-order chi connectivity index (χ1) is 18.4. The predicted octanol–water partition coefficient (Wildman–Crippen LogP) is 7.99. The number of hydrogen-bond acceptors (Lipinski definition) is 4. The molecule has 0 radical (unpaired) electrons. The lowest BCUT2D eigenvalue weighted by Crippen LogP contribution is -2.30. The fraction of sp³-hybridized carbons (Fsp3) is 0.294. The summed E-state index contributed by atoms with van der Waals surface area (Å²) in [4.78, 5) is 14.8. The van der Waals surface area contributed by atoms with Gasteiger partial charge in [0.25, 0.3) is 0 Å². The van der Waals surface area contributed by atoms with Crippen molar-refractivity contribution in [3.63, 3.8) is 0 Å². The maximum absolute atomic E-state index is 6.81. The molecule has 0 aliphatic heterocycles. The molecule has 0 N–H and O–H groups in total. The Morgan fingerprint density at radius 1 is 0.692 bits per heavy atom. The standard InChI is InChI=1S/C34H35N4O/c1-20-16-17-24-23-14-11-15-25(30-35-31(33(2,3)4)37-32(36-30)34(5,6)7)28(23)39-29(24)27(20)26-18-21-12-9-10-13-22(21)19-38(26)8/h9-19H,1-8H3/q+1. The maximum atomic E-state index is 6.81. The van der Waals surface area contributed by atoms with Crippen molar-refractivity contribution in [2.24, 2.45) is 7.05 Å². The van der Waals surface area contributed by atoms with Crippen LogP contribution in [0.1, 0.15) is 58.8 Å². The van der Waals surface area contributed by atoms with E-state index in [1.54, 1.807) is 0 Å². The number of rotatable bonds is 2. The highest BCUT2D eigenvalue weighted by Gasteiger charge is 2.27. The van der Waals surface area contributed by atoms with Gasteiger partial charge in [-0.1, -0.05) is 84.0 Å². The molecule has 5 heteroatoms. The van der Waals surface area contributed by atoms with Crippen LogP contribution in [0, 0.1) is 6.92 Å². The molecule has 0 spiro atoms. The van der Waals surface area contributed by atoms with Crippen molar-refractivity contribution in [1.29, 1.82) is 0 Å². The van der Waals surface area contributed by atoms with E-state index in [2.05, 4.69) is 127 Å². The Bertz CT molecular complexity index is 1870. The van der Waals surface area contributed by atoms with Crippen molar-refractivity contribution in [1.82, 2.24) is 15.0 Å². The summed E-state index contributed by atoms with van der Waals surface area (Å²) in [5.74, 6) is 2.22. The molecule has 0 saturated carbocycles. The van der Waals surface area contributed by atoms with Gasteiger partial charge in [-0.05, 0) is 30.0 Å². The zero-order valence-corrected chi connectivity index (χ0v) is 24.0. The van der Waals surface area contributed by atoms with E-state index in [-0.39, 0.29) is 10.8 Å². The molecule has 0 fully saturated rings. The zero-order chi connectivity index (χ0) is 27.7. The molecule has 0 aliphatic carbocycles. The molecule has 39 heavy (non-hydrogen) atoms. The van der Waals surface area contributed by atoms with Crippen molar-refractivity contribution < 1.29 is 8.98 Å². The quantitative estimate of drug-likeness (QED) is 0.219. The Kier molecular flexibility index (Phi) is 5.62. The summed E-state index contributed by atoms with van der Waals surface area (Å²) >= 11 is 0. The largest absolute Gasteiger partial charge is 0.454 e. The highest BCUT2D eigenvalue weighted by atomic mass is 16.3. The van der Waals surface area contributed by atoms with Crippen molar-refractivity contribution in [3.8, 4) is 22.6 Å². The SMILES string of the molecule is Cc1ccc2c(oc3c(-c4nc(C(C)(C)C)nc(C(C)(C)C)n4)cccc32)c1-c1cc2ccccc2c[n+]1C. The molecule has 0 amide bonds. The summed E-state index contributed by atoms with van der Waals surface area (Å²) in [5.41, 5.74) is 5.52. The van der Waals surface area contributed by atoms with Gasteiger partial charge >= 0.3 is 0 Å². The molecule has 5 nitrogen and oxygen atoms in total. The molecule has 0 atom stereocenters. The van der Waals surface area contributed by atoms with E-state index in [9.17, 15) is 0 Å². The molecular weight excluding hydrogens is 480 g/mol. The smallest absolute Gasteiger partial charge is 0.216 e. The topological polar surface area (TPSA) is 55.7 Å². The van der Waals surface area contributed by atoms with Crippen molar-refractivity contribution in [2.45, 2.75) is 59.3 Å². The lowest BCUT2D eigenvalue weighted by molar-refractivity contribution is -0.659. The number of hydrogen-bond donors (Lipinski definition) is 0. The third-order valence-corrected chi connectivity index (χ3v) is 7.35. The summed E-state index contributed by atoms with van der Waals surface area (Å²) < 4.78 is 9.00. The van der Waals surface area contributed by atoms with Crippen LogP contribution >= 0.6 is 0 Å². The Hall–Kier alpha value is -4.12. The summed E-state index contributed by atoms with van der Waals surface area (Å²) in [7, 11) is 2.10. The minimum Gasteiger partial charge on any atom is -0.454 e. The van der Waals surface area contributed by atoms with Crippen LogP contribution in [0.25, 0.3) is 55.4 Å². The molecular formula is C34H35N4O+. The molecule has 3 aromatic heterocycles. The first kappa shape index (κ1) is 25.2. The predicted molar refractivity (Wildman–Crippen MR) is 159 cm³/mol. The lowest BCUT2D eigenvalue weighted by Gasteiger charge is -2.22. The first-order valence-corrected chi connectivity index (χ1v) is 13.5. The maximum Gasteiger partial charge on any atom is 0.216 e. The molecule has 6 rings (SSSR count). The van der Waals surface area contributed by atoms with Gasteiger partial charge in [0, 0.05) is 33.1 Å². The van der Waals surface area contributed by atoms with E-state index in [0.29, 0.717) is 5.82 Å². The van der Waals surface area contributed by atoms with Gasteiger partial charge in [-0.3, -0.25) is 0 Å². The fourth-order valence-corrected chi connectivity index (χ4v) is 5.16. The number of aryl methyl sites for hydroxylation is 2. The Morgan fingerprint density at radius 2 is 1.33 bits per heavy atom. The Balaban J connectivity index is 1.65. The third kappa shape index (κ3) is 4.26. The summed E-state index contributed by atoms with van der Waals surface area (Å²) in [5, 5.41) is 4.55. The summed E-state index contributed by atoms with van der Waals surface area (Å²) in [6, 6.07) is 21.3. The van der Waals surface area contributed by atoms with E-state index in [1.165, 1.54) is 16.3 Å². The summed E-state index contributed by atoms with van der Waals surface area (Å²) in [6.45, 7) is 15.0. The van der Waals surface area contributed by atoms with E-state index >= 15 is 0 Å². The van der Waals surface area contributed by atoms with Gasteiger partial charge in [0.1, 0.15) is 29.9 Å². The van der Waals surface area contributed by atoms with Crippen LogP contribution in [0.4, 0.5) is 0 Å². The van der Waals surface area contributed by atoms with Gasteiger partial charge in [-0.15, -0.1) is 0 Å².